The maximum atomic E-state index is 15.0. The van der Waals surface area contributed by atoms with Gasteiger partial charge < -0.3 is 9.64 Å². The van der Waals surface area contributed by atoms with Crippen LogP contribution in [-0.4, -0.2) is 62.2 Å². The van der Waals surface area contributed by atoms with Crippen molar-refractivity contribution in [3.05, 3.63) is 59.9 Å². The van der Waals surface area contributed by atoms with Gasteiger partial charge in [-0.1, -0.05) is 36.4 Å². The number of halogens is 3. The number of amides is 1. The Morgan fingerprint density at radius 3 is 2.45 bits per heavy atom. The van der Waals surface area contributed by atoms with E-state index in [1.807, 2.05) is 0 Å². The van der Waals surface area contributed by atoms with Gasteiger partial charge in [-0.3, -0.25) is 4.79 Å². The molecule has 1 unspecified atom stereocenters. The van der Waals surface area contributed by atoms with Crippen molar-refractivity contribution in [3.8, 4) is 11.1 Å². The van der Waals surface area contributed by atoms with E-state index in [9.17, 15) is 17.6 Å². The number of hydrogen-bond donors (Lipinski definition) is 1. The third kappa shape index (κ3) is 5.07. The second kappa shape index (κ2) is 9.08. The van der Waals surface area contributed by atoms with Gasteiger partial charge >= 0.3 is 0 Å². The van der Waals surface area contributed by atoms with Crippen molar-refractivity contribution < 1.29 is 31.1 Å². The number of rotatable bonds is 7. The minimum atomic E-state index is -3.96. The molecule has 178 valence electrons. The molecule has 0 bridgehead atoms. The van der Waals surface area contributed by atoms with Gasteiger partial charge in [-0.25, -0.2) is 26.3 Å². The highest BCUT2D eigenvalue weighted by atomic mass is 32.2. The molecule has 4 rings (SSSR count). The predicted molar refractivity (Wildman–Crippen MR) is 117 cm³/mol. The molecule has 2 fully saturated rings. The molecule has 2 aromatic carbocycles. The van der Waals surface area contributed by atoms with Gasteiger partial charge in [0, 0.05) is 6.42 Å². The zero-order chi connectivity index (χ0) is 23.8. The van der Waals surface area contributed by atoms with E-state index in [1.54, 1.807) is 36.4 Å². The van der Waals surface area contributed by atoms with E-state index in [0.717, 1.165) is 4.90 Å². The summed E-state index contributed by atoms with van der Waals surface area (Å²) in [5.74, 6) is -4.78. The molecule has 33 heavy (non-hydrogen) atoms. The Labute approximate surface area is 190 Å². The van der Waals surface area contributed by atoms with Crippen LogP contribution in [0.5, 0.6) is 0 Å². The third-order valence-corrected chi connectivity index (χ3v) is 7.47. The monoisotopic (exact) mass is 482 g/mol. The third-order valence-electron chi connectivity index (χ3n) is 6.10. The van der Waals surface area contributed by atoms with Crippen molar-refractivity contribution in [2.24, 2.45) is 0 Å². The topological polar surface area (TPSA) is 75.7 Å². The Bertz CT molecular complexity index is 1140. The number of carbonyl (C=O) groups is 1. The Morgan fingerprint density at radius 2 is 1.85 bits per heavy atom. The number of alkyl halides is 2. The Hall–Kier alpha value is -2.43. The molecule has 0 aromatic heterocycles. The average Bonchev–Trinajstić information content (AvgIpc) is 2.97. The quantitative estimate of drug-likeness (QED) is 0.659. The van der Waals surface area contributed by atoms with E-state index in [2.05, 4.69) is 4.72 Å². The fourth-order valence-corrected chi connectivity index (χ4v) is 5.10. The summed E-state index contributed by atoms with van der Waals surface area (Å²) < 4.78 is 75.4. The number of ether oxygens (including phenoxy) is 1. The van der Waals surface area contributed by atoms with Crippen molar-refractivity contribution in [2.75, 3.05) is 18.9 Å². The molecular weight excluding hydrogens is 457 g/mol. The van der Waals surface area contributed by atoms with Crippen LogP contribution in [0.1, 0.15) is 18.9 Å². The van der Waals surface area contributed by atoms with Crippen LogP contribution in [0.25, 0.3) is 11.1 Å². The van der Waals surface area contributed by atoms with Crippen LogP contribution in [0.15, 0.2) is 48.5 Å². The lowest BCUT2D eigenvalue weighted by Gasteiger charge is -2.33. The molecule has 2 aliphatic rings. The number of hydrogen-bond acceptors (Lipinski definition) is 4. The largest absolute Gasteiger partial charge is 0.368 e. The first-order valence-corrected chi connectivity index (χ1v) is 12.4. The number of nitrogens with one attached hydrogen (secondary N) is 1. The normalized spacial score (nSPS) is 24.5. The van der Waals surface area contributed by atoms with Crippen LogP contribution in [0.4, 0.5) is 13.2 Å². The first kappa shape index (κ1) is 23.7. The van der Waals surface area contributed by atoms with Crippen molar-refractivity contribution in [2.45, 2.75) is 43.9 Å². The lowest BCUT2D eigenvalue weighted by molar-refractivity contribution is -0.158. The van der Waals surface area contributed by atoms with E-state index in [0.29, 0.717) is 29.7 Å². The smallest absolute Gasteiger partial charge is 0.283 e. The van der Waals surface area contributed by atoms with Gasteiger partial charge in [-0.2, -0.15) is 0 Å². The Morgan fingerprint density at radius 1 is 1.18 bits per heavy atom. The van der Waals surface area contributed by atoms with Crippen LogP contribution in [0, 0.1) is 5.82 Å². The van der Waals surface area contributed by atoms with E-state index in [-0.39, 0.29) is 12.2 Å². The van der Waals surface area contributed by atoms with Crippen LogP contribution in [-0.2, 0) is 26.0 Å². The van der Waals surface area contributed by atoms with Crippen molar-refractivity contribution in [1.29, 1.82) is 0 Å². The molecular formula is C23H25F3N2O4S. The summed E-state index contributed by atoms with van der Waals surface area (Å²) in [6.07, 6.45) is -0.356. The lowest BCUT2D eigenvalue weighted by atomic mass is 9.96. The van der Waals surface area contributed by atoms with Crippen molar-refractivity contribution >= 4 is 15.9 Å². The van der Waals surface area contributed by atoms with E-state index in [1.165, 1.54) is 19.1 Å². The summed E-state index contributed by atoms with van der Waals surface area (Å²) >= 11 is 0. The molecule has 0 spiro atoms. The minimum absolute atomic E-state index is 0.00585. The van der Waals surface area contributed by atoms with Gasteiger partial charge in [-0.15, -0.1) is 0 Å². The molecule has 0 aliphatic carbocycles. The first-order valence-electron chi connectivity index (χ1n) is 10.7. The second-order valence-electron chi connectivity index (χ2n) is 8.36. The summed E-state index contributed by atoms with van der Waals surface area (Å²) in [4.78, 5) is 13.9. The Kier molecular flexibility index (Phi) is 6.52. The van der Waals surface area contributed by atoms with Gasteiger partial charge in [0.1, 0.15) is 18.0 Å². The molecule has 10 heteroatoms. The molecule has 2 heterocycles. The summed E-state index contributed by atoms with van der Waals surface area (Å²) in [7, 11) is -3.96. The number of benzene rings is 2. The van der Waals surface area contributed by atoms with E-state index in [4.69, 9.17) is 4.74 Å². The minimum Gasteiger partial charge on any atom is -0.368 e. The van der Waals surface area contributed by atoms with Gasteiger partial charge in [0.15, 0.2) is 0 Å². The Balaban J connectivity index is 1.67. The highest BCUT2D eigenvalue weighted by Gasteiger charge is 2.57. The van der Waals surface area contributed by atoms with Gasteiger partial charge in [0.2, 0.25) is 10.0 Å². The molecule has 6 nitrogen and oxygen atoms in total. The first-order chi connectivity index (χ1) is 15.6. The van der Waals surface area contributed by atoms with Crippen LogP contribution in [0.3, 0.4) is 0 Å². The molecule has 2 saturated heterocycles. The molecule has 0 radical (unpaired) electrons. The van der Waals surface area contributed by atoms with E-state index >= 15 is 8.78 Å². The molecule has 2 aromatic rings. The zero-order valence-corrected chi connectivity index (χ0v) is 18.8. The van der Waals surface area contributed by atoms with Crippen molar-refractivity contribution in [1.82, 2.24) is 9.62 Å². The predicted octanol–water partition coefficient (Wildman–Crippen LogP) is 2.98. The highest BCUT2D eigenvalue weighted by Crippen LogP contribution is 2.36. The fraction of sp³-hybridized carbons (Fsp3) is 0.435. The zero-order valence-electron chi connectivity index (χ0n) is 18.0. The standard InChI is InChI=1S/C23H25F3N2O4S/c1-2-33(30,31)27-21-19(28(14-23(21,25)26)22(29)20-9-10-32-20)12-15-5-3-6-16(11-15)17-7-4-8-18(24)13-17/h3-8,11,13,19-21,27H,2,9-10,12,14H2,1H3/t19-,20?,21+/m0/s1. The number of nitrogens with zero attached hydrogens (tertiary/aromatic N) is 1. The summed E-state index contributed by atoms with van der Waals surface area (Å²) in [6.45, 7) is 0.849. The maximum absolute atomic E-state index is 15.0. The van der Waals surface area contributed by atoms with Crippen LogP contribution in [0.2, 0.25) is 0 Å². The van der Waals surface area contributed by atoms with Gasteiger partial charge in [0.25, 0.3) is 11.8 Å². The molecule has 0 saturated carbocycles. The van der Waals surface area contributed by atoms with Gasteiger partial charge in [0.05, 0.1) is 24.9 Å². The summed E-state index contributed by atoms with van der Waals surface area (Å²) in [5, 5.41) is 0. The average molecular weight is 483 g/mol. The highest BCUT2D eigenvalue weighted by molar-refractivity contribution is 7.89. The fourth-order valence-electron chi connectivity index (χ4n) is 4.22. The lowest BCUT2D eigenvalue weighted by Crippen LogP contribution is -2.54. The maximum Gasteiger partial charge on any atom is 0.283 e. The number of carbonyl (C=O) groups excluding carboxylic acids is 1. The van der Waals surface area contributed by atoms with Crippen LogP contribution >= 0.6 is 0 Å². The van der Waals surface area contributed by atoms with Crippen molar-refractivity contribution in [3.63, 3.8) is 0 Å². The number of likely N-dealkylation sites (tertiary alicyclic amines) is 1. The molecule has 1 N–H and O–H groups in total. The molecule has 2 aliphatic heterocycles. The van der Waals surface area contributed by atoms with Crippen LogP contribution < -0.4 is 4.72 Å². The molecule has 3 atom stereocenters. The summed E-state index contributed by atoms with van der Waals surface area (Å²) in [5.41, 5.74) is 1.92. The summed E-state index contributed by atoms with van der Waals surface area (Å²) in [6, 6.07) is 10.0. The molecule has 1 amide bonds. The van der Waals surface area contributed by atoms with E-state index < -0.39 is 52.4 Å². The SMILES string of the molecule is CCS(=O)(=O)N[C@@H]1[C@H](Cc2cccc(-c3cccc(F)c3)c2)N(C(=O)C2CCO2)CC1(F)F. The number of sulfonamides is 1. The van der Waals surface area contributed by atoms with Gasteiger partial charge in [-0.05, 0) is 42.2 Å². The second-order valence-corrected chi connectivity index (χ2v) is 10.4.